The van der Waals surface area contributed by atoms with Crippen molar-refractivity contribution in [1.82, 2.24) is 5.32 Å². The van der Waals surface area contributed by atoms with Gasteiger partial charge in [-0.2, -0.15) is 0 Å². The fourth-order valence-electron chi connectivity index (χ4n) is 1.45. The van der Waals surface area contributed by atoms with Crippen molar-refractivity contribution in [2.24, 2.45) is 0 Å². The highest BCUT2D eigenvalue weighted by molar-refractivity contribution is 6.20. The molecule has 1 atom stereocenters. The second kappa shape index (κ2) is 6.70. The third-order valence-corrected chi connectivity index (χ3v) is 2.58. The molecule has 2 N–H and O–H groups in total. The average molecular weight is 228 g/mol. The van der Waals surface area contributed by atoms with Crippen molar-refractivity contribution in [2.75, 3.05) is 6.54 Å². The predicted molar refractivity (Wildman–Crippen MR) is 64.4 cm³/mol. The van der Waals surface area contributed by atoms with E-state index in [1.807, 2.05) is 12.1 Å². The van der Waals surface area contributed by atoms with Gasteiger partial charge >= 0.3 is 0 Å². The third kappa shape index (κ3) is 5.05. The SMILES string of the molecule is CCCC(Cl)CNCc1cccc(O)c1. The van der Waals surface area contributed by atoms with Crippen LogP contribution in [0.15, 0.2) is 24.3 Å². The highest BCUT2D eigenvalue weighted by Gasteiger charge is 2.02. The van der Waals surface area contributed by atoms with Crippen molar-refractivity contribution in [1.29, 1.82) is 0 Å². The van der Waals surface area contributed by atoms with Gasteiger partial charge in [-0.3, -0.25) is 0 Å². The van der Waals surface area contributed by atoms with E-state index >= 15 is 0 Å². The van der Waals surface area contributed by atoms with Crippen LogP contribution in [0.1, 0.15) is 25.3 Å². The van der Waals surface area contributed by atoms with Crippen molar-refractivity contribution in [3.05, 3.63) is 29.8 Å². The molecule has 15 heavy (non-hydrogen) atoms. The molecule has 0 bridgehead atoms. The highest BCUT2D eigenvalue weighted by atomic mass is 35.5. The van der Waals surface area contributed by atoms with Gasteiger partial charge in [-0.05, 0) is 24.1 Å². The molecule has 1 rings (SSSR count). The molecule has 0 radical (unpaired) electrons. The van der Waals surface area contributed by atoms with E-state index in [9.17, 15) is 5.11 Å². The lowest BCUT2D eigenvalue weighted by Gasteiger charge is -2.09. The van der Waals surface area contributed by atoms with E-state index in [-0.39, 0.29) is 5.38 Å². The summed E-state index contributed by atoms with van der Waals surface area (Å²) in [5, 5.41) is 12.7. The molecular weight excluding hydrogens is 210 g/mol. The Hall–Kier alpha value is -0.730. The summed E-state index contributed by atoms with van der Waals surface area (Å²) in [4.78, 5) is 0. The zero-order valence-corrected chi connectivity index (χ0v) is 9.80. The van der Waals surface area contributed by atoms with Crippen LogP contribution >= 0.6 is 11.6 Å². The Kier molecular flexibility index (Phi) is 5.51. The molecule has 0 heterocycles. The van der Waals surface area contributed by atoms with Crippen molar-refractivity contribution < 1.29 is 5.11 Å². The molecule has 0 saturated carbocycles. The second-order valence-corrected chi connectivity index (χ2v) is 4.30. The van der Waals surface area contributed by atoms with E-state index in [2.05, 4.69) is 12.2 Å². The number of halogens is 1. The Balaban J connectivity index is 2.25. The number of benzene rings is 1. The van der Waals surface area contributed by atoms with Crippen molar-refractivity contribution in [3.8, 4) is 5.75 Å². The van der Waals surface area contributed by atoms with Crippen molar-refractivity contribution in [3.63, 3.8) is 0 Å². The van der Waals surface area contributed by atoms with Crippen LogP contribution in [0, 0.1) is 0 Å². The predicted octanol–water partition coefficient (Wildman–Crippen LogP) is 2.89. The van der Waals surface area contributed by atoms with Gasteiger partial charge in [-0.25, -0.2) is 0 Å². The summed E-state index contributed by atoms with van der Waals surface area (Å²) in [6, 6.07) is 7.26. The van der Waals surface area contributed by atoms with Gasteiger partial charge in [0.15, 0.2) is 0 Å². The summed E-state index contributed by atoms with van der Waals surface area (Å²) in [6.07, 6.45) is 2.15. The van der Waals surface area contributed by atoms with Gasteiger partial charge in [0, 0.05) is 18.5 Å². The Morgan fingerprint density at radius 2 is 2.27 bits per heavy atom. The topological polar surface area (TPSA) is 32.3 Å². The summed E-state index contributed by atoms with van der Waals surface area (Å²) >= 11 is 6.07. The molecule has 84 valence electrons. The molecule has 0 amide bonds. The first-order valence-corrected chi connectivity index (χ1v) is 5.78. The molecule has 1 aromatic carbocycles. The van der Waals surface area contributed by atoms with Crippen LogP contribution < -0.4 is 5.32 Å². The van der Waals surface area contributed by atoms with Gasteiger partial charge in [-0.1, -0.05) is 25.5 Å². The maximum Gasteiger partial charge on any atom is 0.115 e. The Bertz CT molecular complexity index is 291. The molecule has 2 nitrogen and oxygen atoms in total. The number of phenolic OH excluding ortho intramolecular Hbond substituents is 1. The summed E-state index contributed by atoms with van der Waals surface area (Å²) < 4.78 is 0. The Morgan fingerprint density at radius 3 is 2.93 bits per heavy atom. The van der Waals surface area contributed by atoms with Gasteiger partial charge in [0.2, 0.25) is 0 Å². The molecular formula is C12H18ClNO. The van der Waals surface area contributed by atoms with Crippen LogP contribution in [0.5, 0.6) is 5.75 Å². The zero-order valence-electron chi connectivity index (χ0n) is 9.04. The smallest absolute Gasteiger partial charge is 0.115 e. The van der Waals surface area contributed by atoms with Crippen LogP contribution in [0.2, 0.25) is 0 Å². The standard InChI is InChI=1S/C12H18ClNO/c1-2-4-11(13)9-14-8-10-5-3-6-12(15)7-10/h3,5-7,11,14-15H,2,4,8-9H2,1H3. The number of nitrogens with one attached hydrogen (secondary N) is 1. The molecule has 1 aromatic rings. The van der Waals surface area contributed by atoms with Crippen LogP contribution in [-0.4, -0.2) is 17.0 Å². The molecule has 0 fully saturated rings. The molecule has 0 aliphatic heterocycles. The second-order valence-electron chi connectivity index (χ2n) is 3.69. The molecule has 0 spiro atoms. The minimum Gasteiger partial charge on any atom is -0.508 e. The number of phenols is 1. The van der Waals surface area contributed by atoms with E-state index in [1.165, 1.54) is 0 Å². The number of rotatable bonds is 6. The molecule has 1 unspecified atom stereocenters. The maximum atomic E-state index is 9.25. The van der Waals surface area contributed by atoms with E-state index in [1.54, 1.807) is 12.1 Å². The normalized spacial score (nSPS) is 12.7. The molecule has 0 aliphatic rings. The van der Waals surface area contributed by atoms with E-state index in [0.29, 0.717) is 5.75 Å². The van der Waals surface area contributed by atoms with Crippen molar-refractivity contribution >= 4 is 11.6 Å². The Labute approximate surface area is 96.3 Å². The molecule has 0 saturated heterocycles. The maximum absolute atomic E-state index is 9.25. The number of hydrogen-bond acceptors (Lipinski definition) is 2. The minimum atomic E-state index is 0.201. The minimum absolute atomic E-state index is 0.201. The highest BCUT2D eigenvalue weighted by Crippen LogP contribution is 2.10. The lowest BCUT2D eigenvalue weighted by molar-refractivity contribution is 0.474. The van der Waals surface area contributed by atoms with Gasteiger partial charge in [0.05, 0.1) is 0 Å². The molecule has 0 aromatic heterocycles. The fourth-order valence-corrected chi connectivity index (χ4v) is 1.78. The fraction of sp³-hybridized carbons (Fsp3) is 0.500. The first-order valence-electron chi connectivity index (χ1n) is 5.35. The van der Waals surface area contributed by atoms with E-state index < -0.39 is 0 Å². The summed E-state index contributed by atoms with van der Waals surface area (Å²) in [6.45, 7) is 3.69. The van der Waals surface area contributed by atoms with Gasteiger partial charge < -0.3 is 10.4 Å². The van der Waals surface area contributed by atoms with E-state index in [0.717, 1.165) is 31.5 Å². The quantitative estimate of drug-likeness (QED) is 0.733. The van der Waals surface area contributed by atoms with Gasteiger partial charge in [0.25, 0.3) is 0 Å². The Morgan fingerprint density at radius 1 is 1.47 bits per heavy atom. The summed E-state index contributed by atoms with van der Waals surface area (Å²) in [5.41, 5.74) is 1.08. The van der Waals surface area contributed by atoms with Crippen LogP contribution in [0.25, 0.3) is 0 Å². The summed E-state index contributed by atoms with van der Waals surface area (Å²) in [5.74, 6) is 0.310. The average Bonchev–Trinajstić information content (AvgIpc) is 2.18. The van der Waals surface area contributed by atoms with Gasteiger partial charge in [-0.15, -0.1) is 11.6 Å². The van der Waals surface area contributed by atoms with Crippen LogP contribution in [-0.2, 0) is 6.54 Å². The number of aromatic hydroxyl groups is 1. The summed E-state index contributed by atoms with van der Waals surface area (Å²) in [7, 11) is 0. The third-order valence-electron chi connectivity index (χ3n) is 2.21. The monoisotopic (exact) mass is 227 g/mol. The molecule has 0 aliphatic carbocycles. The number of alkyl halides is 1. The first kappa shape index (κ1) is 12.3. The first-order chi connectivity index (χ1) is 7.22. The number of hydrogen-bond donors (Lipinski definition) is 2. The molecule has 3 heteroatoms. The van der Waals surface area contributed by atoms with Crippen molar-refractivity contribution in [2.45, 2.75) is 31.7 Å². The van der Waals surface area contributed by atoms with Crippen LogP contribution in [0.3, 0.4) is 0 Å². The van der Waals surface area contributed by atoms with Gasteiger partial charge in [0.1, 0.15) is 5.75 Å². The largest absolute Gasteiger partial charge is 0.508 e. The van der Waals surface area contributed by atoms with E-state index in [4.69, 9.17) is 11.6 Å². The lowest BCUT2D eigenvalue weighted by atomic mass is 10.2. The lowest BCUT2D eigenvalue weighted by Crippen LogP contribution is -2.22. The zero-order chi connectivity index (χ0) is 11.1. The van der Waals surface area contributed by atoms with Crippen LogP contribution in [0.4, 0.5) is 0 Å².